The number of fused-ring (bicyclic) bond motifs is 3. The van der Waals surface area contributed by atoms with E-state index in [1.54, 1.807) is 24.3 Å². The van der Waals surface area contributed by atoms with E-state index >= 15 is 0 Å². The number of benzene rings is 1. The van der Waals surface area contributed by atoms with Crippen LogP contribution in [0.3, 0.4) is 0 Å². The van der Waals surface area contributed by atoms with E-state index < -0.39 is 41.5 Å². The SMILES string of the molecule is NC(=O)N1C(=O)[C@H]2[C@H](CC=C3[C@H](c4ccc(OCCO)cc4)C4=C(C[C@H]32)C(=O)C(Br)=CC4=O)C1=O. The van der Waals surface area contributed by atoms with Gasteiger partial charge in [0, 0.05) is 23.1 Å². The van der Waals surface area contributed by atoms with Gasteiger partial charge in [-0.1, -0.05) is 23.8 Å². The number of hydrogen-bond donors (Lipinski definition) is 2. The molecule has 1 heterocycles. The van der Waals surface area contributed by atoms with Gasteiger partial charge in [-0.3, -0.25) is 19.2 Å². The average molecular weight is 541 g/mol. The monoisotopic (exact) mass is 540 g/mol. The fourth-order valence-electron chi connectivity index (χ4n) is 5.72. The Morgan fingerprint density at radius 3 is 2.49 bits per heavy atom. The van der Waals surface area contributed by atoms with Gasteiger partial charge in [0.25, 0.3) is 0 Å². The highest BCUT2D eigenvalue weighted by molar-refractivity contribution is 9.12. The van der Waals surface area contributed by atoms with Gasteiger partial charge in [-0.15, -0.1) is 0 Å². The molecule has 3 N–H and O–H groups in total. The molecule has 0 unspecified atom stereocenters. The number of amides is 4. The summed E-state index contributed by atoms with van der Waals surface area (Å²) in [7, 11) is 0. The summed E-state index contributed by atoms with van der Waals surface area (Å²) < 4.78 is 5.57. The second kappa shape index (κ2) is 8.69. The Kier molecular flexibility index (Phi) is 5.80. The van der Waals surface area contributed by atoms with Crippen LogP contribution in [0.15, 0.2) is 57.6 Å². The molecular weight excluding hydrogens is 520 g/mol. The summed E-state index contributed by atoms with van der Waals surface area (Å²) in [4.78, 5) is 64.5. The molecule has 0 saturated carbocycles. The van der Waals surface area contributed by atoms with Crippen LogP contribution in [0.1, 0.15) is 24.3 Å². The Morgan fingerprint density at radius 1 is 1.11 bits per heavy atom. The molecular formula is C25H21BrN2O7. The maximum absolute atomic E-state index is 13.2. The normalized spacial score (nSPS) is 27.8. The quantitative estimate of drug-likeness (QED) is 0.337. The first-order chi connectivity index (χ1) is 16.7. The zero-order chi connectivity index (χ0) is 25.0. The number of halogens is 1. The van der Waals surface area contributed by atoms with Crippen molar-refractivity contribution in [3.63, 3.8) is 0 Å². The van der Waals surface area contributed by atoms with Crippen LogP contribution in [0.25, 0.3) is 0 Å². The van der Waals surface area contributed by atoms with E-state index in [0.717, 1.165) is 11.1 Å². The number of likely N-dealkylation sites (tertiary alicyclic amines) is 1. The number of urea groups is 1. The lowest BCUT2D eigenvalue weighted by atomic mass is 9.59. The molecule has 4 amide bonds. The molecule has 35 heavy (non-hydrogen) atoms. The lowest BCUT2D eigenvalue weighted by Gasteiger charge is -2.42. The van der Waals surface area contributed by atoms with Crippen LogP contribution in [0, 0.1) is 17.8 Å². The number of rotatable bonds is 4. The minimum Gasteiger partial charge on any atom is -0.491 e. The number of nitrogens with zero attached hydrogens (tertiary/aromatic N) is 1. The number of aliphatic hydroxyl groups is 1. The van der Waals surface area contributed by atoms with Gasteiger partial charge in [0.2, 0.25) is 11.8 Å². The first-order valence-electron chi connectivity index (χ1n) is 11.1. The van der Waals surface area contributed by atoms with Crippen molar-refractivity contribution in [3.8, 4) is 5.75 Å². The Balaban J connectivity index is 1.62. The minimum atomic E-state index is -1.11. The van der Waals surface area contributed by atoms with Gasteiger partial charge in [0.1, 0.15) is 12.4 Å². The third kappa shape index (κ3) is 3.59. The van der Waals surface area contributed by atoms with Crippen LogP contribution in [-0.2, 0) is 19.2 Å². The molecule has 1 aromatic carbocycles. The van der Waals surface area contributed by atoms with E-state index in [2.05, 4.69) is 15.9 Å². The second-order valence-electron chi connectivity index (χ2n) is 8.88. The largest absolute Gasteiger partial charge is 0.491 e. The molecule has 4 atom stereocenters. The third-order valence-corrected chi connectivity index (χ3v) is 7.71. The lowest BCUT2D eigenvalue weighted by Crippen LogP contribution is -2.42. The third-order valence-electron chi connectivity index (χ3n) is 7.13. The zero-order valence-electron chi connectivity index (χ0n) is 18.4. The van der Waals surface area contributed by atoms with Crippen molar-refractivity contribution in [2.75, 3.05) is 13.2 Å². The molecule has 1 saturated heterocycles. The number of imide groups is 3. The van der Waals surface area contributed by atoms with Crippen LogP contribution in [-0.4, -0.2) is 52.6 Å². The molecule has 0 bridgehead atoms. The molecule has 10 heteroatoms. The predicted molar refractivity (Wildman–Crippen MR) is 125 cm³/mol. The van der Waals surface area contributed by atoms with Crippen molar-refractivity contribution in [3.05, 3.63) is 63.2 Å². The number of nitrogens with two attached hydrogens (primary N) is 1. The highest BCUT2D eigenvalue weighted by Gasteiger charge is 2.57. The van der Waals surface area contributed by atoms with Gasteiger partial charge >= 0.3 is 6.03 Å². The lowest BCUT2D eigenvalue weighted by molar-refractivity contribution is -0.136. The first kappa shape index (κ1) is 23.4. The number of allylic oxidation sites excluding steroid dienone is 6. The summed E-state index contributed by atoms with van der Waals surface area (Å²) in [5.74, 6) is -4.12. The summed E-state index contributed by atoms with van der Waals surface area (Å²) in [5, 5.41) is 8.99. The Morgan fingerprint density at radius 2 is 1.83 bits per heavy atom. The number of Topliss-reactive ketones (excluding diaryl/α,β-unsaturated/α-hetero) is 1. The number of carbonyl (C=O) groups excluding carboxylic acids is 5. The molecule has 1 aliphatic heterocycles. The molecule has 0 aromatic heterocycles. The fraction of sp³-hybridized carbons (Fsp3) is 0.320. The van der Waals surface area contributed by atoms with Crippen LogP contribution in [0.4, 0.5) is 4.79 Å². The van der Waals surface area contributed by atoms with Crippen molar-refractivity contribution in [1.82, 2.24) is 4.90 Å². The van der Waals surface area contributed by atoms with E-state index in [0.29, 0.717) is 21.8 Å². The fourth-order valence-corrected chi connectivity index (χ4v) is 6.17. The number of carbonyl (C=O) groups is 5. The standard InChI is InChI=1S/C25H21BrN2O7/c26-17-10-18(30)21-16(22(17)31)9-15-13(19(21)11-1-3-12(4-2-11)35-8-7-29)5-6-14-20(15)24(33)28(23(14)32)25(27)34/h1-5,10,14-15,19-20,29H,6-9H2,(H2,27,34)/t14-,15+,19-,20-/m0/s1. The Labute approximate surface area is 208 Å². The van der Waals surface area contributed by atoms with Crippen molar-refractivity contribution in [2.24, 2.45) is 23.5 Å². The van der Waals surface area contributed by atoms with E-state index in [-0.39, 0.29) is 42.1 Å². The topological polar surface area (TPSA) is 144 Å². The molecule has 5 rings (SSSR count). The van der Waals surface area contributed by atoms with Crippen molar-refractivity contribution >= 4 is 45.3 Å². The maximum atomic E-state index is 13.2. The minimum absolute atomic E-state index is 0.107. The van der Waals surface area contributed by atoms with E-state index in [4.69, 9.17) is 15.6 Å². The van der Waals surface area contributed by atoms with Gasteiger partial charge in [0.15, 0.2) is 11.6 Å². The maximum Gasteiger partial charge on any atom is 0.328 e. The van der Waals surface area contributed by atoms with Crippen LogP contribution in [0.2, 0.25) is 0 Å². The predicted octanol–water partition coefficient (Wildman–Crippen LogP) is 1.90. The highest BCUT2D eigenvalue weighted by Crippen LogP contribution is 2.55. The van der Waals surface area contributed by atoms with Crippen LogP contribution < -0.4 is 10.5 Å². The Bertz CT molecular complexity index is 1280. The van der Waals surface area contributed by atoms with Gasteiger partial charge in [-0.05, 0) is 52.4 Å². The van der Waals surface area contributed by atoms with Gasteiger partial charge in [0.05, 0.1) is 22.9 Å². The molecule has 0 spiro atoms. The molecule has 180 valence electrons. The number of aliphatic hydroxyl groups excluding tert-OH is 1. The van der Waals surface area contributed by atoms with E-state index in [9.17, 15) is 24.0 Å². The van der Waals surface area contributed by atoms with Crippen LogP contribution >= 0.6 is 15.9 Å². The first-order valence-corrected chi connectivity index (χ1v) is 11.9. The molecule has 4 aliphatic rings. The Hall–Kier alpha value is -3.37. The van der Waals surface area contributed by atoms with Crippen molar-refractivity contribution in [2.45, 2.75) is 18.8 Å². The van der Waals surface area contributed by atoms with E-state index in [1.807, 2.05) is 6.08 Å². The molecule has 0 radical (unpaired) electrons. The average Bonchev–Trinajstić information content (AvgIpc) is 3.10. The molecule has 1 aromatic rings. The number of ketones is 2. The van der Waals surface area contributed by atoms with Gasteiger partial charge in [-0.25, -0.2) is 4.79 Å². The van der Waals surface area contributed by atoms with Gasteiger partial charge in [-0.2, -0.15) is 4.90 Å². The number of ether oxygens (including phenoxy) is 1. The molecule has 3 aliphatic carbocycles. The van der Waals surface area contributed by atoms with E-state index in [1.165, 1.54) is 6.08 Å². The summed E-state index contributed by atoms with van der Waals surface area (Å²) in [5.41, 5.74) is 7.46. The summed E-state index contributed by atoms with van der Waals surface area (Å²) in [6.45, 7) is -0.00266. The summed E-state index contributed by atoms with van der Waals surface area (Å²) in [6.07, 6.45) is 3.45. The molecule has 1 fully saturated rings. The summed E-state index contributed by atoms with van der Waals surface area (Å²) in [6, 6.07) is 5.86. The molecule has 9 nitrogen and oxygen atoms in total. The highest BCUT2D eigenvalue weighted by atomic mass is 79.9. The van der Waals surface area contributed by atoms with Crippen LogP contribution in [0.5, 0.6) is 5.75 Å². The smallest absolute Gasteiger partial charge is 0.328 e. The second-order valence-corrected chi connectivity index (χ2v) is 9.74. The van der Waals surface area contributed by atoms with Gasteiger partial charge < -0.3 is 15.6 Å². The van der Waals surface area contributed by atoms with Crippen molar-refractivity contribution in [1.29, 1.82) is 0 Å². The summed E-state index contributed by atoms with van der Waals surface area (Å²) >= 11 is 3.17. The van der Waals surface area contributed by atoms with Crippen molar-refractivity contribution < 1.29 is 33.8 Å². The number of primary amides is 1. The zero-order valence-corrected chi connectivity index (χ0v) is 20.0. The number of hydrogen-bond acceptors (Lipinski definition) is 7.